The maximum absolute atomic E-state index is 13.8. The molecule has 166 valence electrons. The second kappa shape index (κ2) is 9.28. The Hall–Kier alpha value is -2.57. The summed E-state index contributed by atoms with van der Waals surface area (Å²) >= 11 is 1.05. The van der Waals surface area contributed by atoms with Gasteiger partial charge in [-0.25, -0.2) is 31.7 Å². The van der Waals surface area contributed by atoms with Crippen LogP contribution < -0.4 is 10.5 Å². The number of benzene rings is 2. The molecule has 0 bridgehead atoms. The van der Waals surface area contributed by atoms with Crippen LogP contribution in [-0.4, -0.2) is 29.6 Å². The number of carbonyl (C=O) groups excluding carboxylic acids is 1. The van der Waals surface area contributed by atoms with Crippen molar-refractivity contribution in [3.05, 3.63) is 47.8 Å². The molecule has 3 rings (SSSR count). The Morgan fingerprint density at radius 3 is 2.61 bits per heavy atom. The minimum Gasteiger partial charge on any atom is -0.323 e. The number of thioether (sulfide) groups is 1. The number of carbonyl (C=O) groups is 1. The molecule has 2 aromatic carbocycles. The Morgan fingerprint density at radius 2 is 1.94 bits per heavy atom. The van der Waals surface area contributed by atoms with Gasteiger partial charge in [0.05, 0.1) is 27.4 Å². The molecule has 0 unspecified atom stereocenters. The predicted molar refractivity (Wildman–Crippen MR) is 112 cm³/mol. The average molecular weight is 473 g/mol. The summed E-state index contributed by atoms with van der Waals surface area (Å²) in [5.41, 5.74) is 0.606. The number of hydrogen-bond donors (Lipinski definition) is 2. The molecule has 7 nitrogen and oxygen atoms in total. The number of sulfonamides is 1. The largest absolute Gasteiger partial charge is 0.323 e. The van der Waals surface area contributed by atoms with Crippen molar-refractivity contribution >= 4 is 44.4 Å². The van der Waals surface area contributed by atoms with Crippen LogP contribution in [-0.2, 0) is 21.4 Å². The molecule has 0 aliphatic rings. The first-order chi connectivity index (χ1) is 14.6. The van der Waals surface area contributed by atoms with Gasteiger partial charge in [-0.2, -0.15) is 0 Å². The summed E-state index contributed by atoms with van der Waals surface area (Å²) < 4.78 is 65.2. The summed E-state index contributed by atoms with van der Waals surface area (Å²) in [5.74, 6) is -5.33. The lowest BCUT2D eigenvalue weighted by Gasteiger charge is -2.09. The van der Waals surface area contributed by atoms with Crippen LogP contribution in [0.4, 0.5) is 18.9 Å². The minimum atomic E-state index is -3.90. The van der Waals surface area contributed by atoms with Crippen molar-refractivity contribution in [2.75, 3.05) is 11.1 Å². The van der Waals surface area contributed by atoms with Crippen molar-refractivity contribution < 1.29 is 26.4 Å². The SMILES string of the molecule is CCCCn1c(SCC(=O)Nc2ccc(F)c(F)c2F)nc2cc(S(N)(=O)=O)ccc21. The summed E-state index contributed by atoms with van der Waals surface area (Å²) in [4.78, 5) is 16.5. The number of aryl methyl sites for hydroxylation is 1. The molecule has 1 heterocycles. The fourth-order valence-corrected chi connectivity index (χ4v) is 4.22. The zero-order valence-corrected chi connectivity index (χ0v) is 18.0. The lowest BCUT2D eigenvalue weighted by molar-refractivity contribution is -0.113. The molecule has 0 aliphatic heterocycles. The van der Waals surface area contributed by atoms with E-state index in [0.717, 1.165) is 30.7 Å². The Morgan fingerprint density at radius 1 is 1.19 bits per heavy atom. The number of imidazole rings is 1. The first-order valence-corrected chi connectivity index (χ1v) is 11.7. The van der Waals surface area contributed by atoms with Crippen LogP contribution in [0.1, 0.15) is 19.8 Å². The highest BCUT2D eigenvalue weighted by molar-refractivity contribution is 7.99. The maximum Gasteiger partial charge on any atom is 0.238 e. The molecule has 0 radical (unpaired) electrons. The van der Waals surface area contributed by atoms with Gasteiger partial charge < -0.3 is 9.88 Å². The van der Waals surface area contributed by atoms with Crippen molar-refractivity contribution in [3.8, 4) is 0 Å². The van der Waals surface area contributed by atoms with Gasteiger partial charge >= 0.3 is 0 Å². The smallest absolute Gasteiger partial charge is 0.238 e. The van der Waals surface area contributed by atoms with Gasteiger partial charge in [-0.15, -0.1) is 0 Å². The number of nitrogens with one attached hydrogen (secondary N) is 1. The molecule has 0 fully saturated rings. The van der Waals surface area contributed by atoms with E-state index in [1.54, 1.807) is 6.07 Å². The monoisotopic (exact) mass is 472 g/mol. The Kier molecular flexibility index (Phi) is 6.92. The van der Waals surface area contributed by atoms with E-state index in [-0.39, 0.29) is 10.6 Å². The maximum atomic E-state index is 13.8. The van der Waals surface area contributed by atoms with E-state index in [2.05, 4.69) is 10.3 Å². The van der Waals surface area contributed by atoms with Gasteiger partial charge in [-0.05, 0) is 36.8 Å². The van der Waals surface area contributed by atoms with Crippen molar-refractivity contribution in [2.24, 2.45) is 5.14 Å². The molecule has 3 aromatic rings. The fraction of sp³-hybridized carbons (Fsp3) is 0.263. The molecule has 1 amide bonds. The number of amides is 1. The van der Waals surface area contributed by atoms with Crippen LogP contribution in [0, 0.1) is 17.5 Å². The number of aromatic nitrogens is 2. The van der Waals surface area contributed by atoms with Gasteiger partial charge in [-0.3, -0.25) is 4.79 Å². The van der Waals surface area contributed by atoms with E-state index < -0.39 is 39.1 Å². The third-order valence-electron chi connectivity index (χ3n) is 4.39. The van der Waals surface area contributed by atoms with E-state index in [1.165, 1.54) is 12.1 Å². The summed E-state index contributed by atoms with van der Waals surface area (Å²) in [7, 11) is -3.90. The minimum absolute atomic E-state index is 0.0803. The highest BCUT2D eigenvalue weighted by Crippen LogP contribution is 2.27. The third kappa shape index (κ3) is 5.20. The normalized spacial score (nSPS) is 11.8. The molecule has 0 spiro atoms. The number of nitrogens with two attached hydrogens (primary N) is 1. The lowest BCUT2D eigenvalue weighted by Crippen LogP contribution is -2.16. The number of hydrogen-bond acceptors (Lipinski definition) is 5. The van der Waals surface area contributed by atoms with E-state index in [0.29, 0.717) is 28.8 Å². The van der Waals surface area contributed by atoms with Gasteiger partial charge in [0.2, 0.25) is 15.9 Å². The van der Waals surface area contributed by atoms with Gasteiger partial charge in [-0.1, -0.05) is 25.1 Å². The molecule has 12 heteroatoms. The Bertz CT molecular complexity index is 1250. The summed E-state index contributed by atoms with van der Waals surface area (Å²) in [5, 5.41) is 7.83. The number of anilines is 1. The van der Waals surface area contributed by atoms with Crippen molar-refractivity contribution in [1.82, 2.24) is 9.55 Å². The summed E-state index contributed by atoms with van der Waals surface area (Å²) in [6, 6.07) is 5.98. The topological polar surface area (TPSA) is 107 Å². The quantitative estimate of drug-likeness (QED) is 0.385. The zero-order chi connectivity index (χ0) is 22.8. The number of fused-ring (bicyclic) bond motifs is 1. The number of halogens is 3. The molecule has 0 aliphatic carbocycles. The van der Waals surface area contributed by atoms with Gasteiger partial charge in [0.15, 0.2) is 22.6 Å². The standard InChI is InChI=1S/C19H19F3N4O3S2/c1-2-3-8-26-15-7-4-11(31(23,28)29)9-14(15)25-19(26)30-10-16(27)24-13-6-5-12(20)17(21)18(13)22/h4-7,9H,2-3,8,10H2,1H3,(H,24,27)(H2,23,28,29). The summed E-state index contributed by atoms with van der Waals surface area (Å²) in [6.45, 7) is 2.60. The van der Waals surface area contributed by atoms with E-state index >= 15 is 0 Å². The molecule has 0 atom stereocenters. The first-order valence-electron chi connectivity index (χ1n) is 9.21. The van der Waals surface area contributed by atoms with Gasteiger partial charge in [0.1, 0.15) is 0 Å². The van der Waals surface area contributed by atoms with Crippen LogP contribution in [0.3, 0.4) is 0 Å². The van der Waals surface area contributed by atoms with E-state index in [9.17, 15) is 26.4 Å². The third-order valence-corrected chi connectivity index (χ3v) is 6.28. The molecule has 31 heavy (non-hydrogen) atoms. The fourth-order valence-electron chi connectivity index (χ4n) is 2.85. The van der Waals surface area contributed by atoms with Gasteiger partial charge in [0.25, 0.3) is 0 Å². The van der Waals surface area contributed by atoms with Crippen LogP contribution in [0.15, 0.2) is 40.4 Å². The zero-order valence-electron chi connectivity index (χ0n) is 16.4. The number of rotatable bonds is 8. The molecule has 0 saturated carbocycles. The number of unbranched alkanes of at least 4 members (excludes halogenated alkanes) is 1. The summed E-state index contributed by atoms with van der Waals surface area (Å²) in [6.07, 6.45) is 1.72. The molecular formula is C19H19F3N4O3S2. The second-order valence-electron chi connectivity index (χ2n) is 6.65. The molecule has 3 N–H and O–H groups in total. The van der Waals surface area contributed by atoms with Crippen LogP contribution in [0.25, 0.3) is 11.0 Å². The Labute approximate surface area is 180 Å². The average Bonchev–Trinajstić information content (AvgIpc) is 3.07. The van der Waals surface area contributed by atoms with Crippen molar-refractivity contribution in [2.45, 2.75) is 36.4 Å². The second-order valence-corrected chi connectivity index (χ2v) is 9.16. The predicted octanol–water partition coefficient (Wildman–Crippen LogP) is 3.63. The number of nitrogens with zero attached hydrogens (tertiary/aromatic N) is 2. The Balaban J connectivity index is 1.82. The van der Waals surface area contributed by atoms with Crippen molar-refractivity contribution in [1.29, 1.82) is 0 Å². The lowest BCUT2D eigenvalue weighted by atomic mass is 10.3. The highest BCUT2D eigenvalue weighted by atomic mass is 32.2. The van der Waals surface area contributed by atoms with Crippen LogP contribution in [0.5, 0.6) is 0 Å². The van der Waals surface area contributed by atoms with Gasteiger partial charge in [0, 0.05) is 6.54 Å². The number of primary sulfonamides is 1. The molecule has 0 saturated heterocycles. The highest BCUT2D eigenvalue weighted by Gasteiger charge is 2.18. The first kappa shape index (κ1) is 23.1. The van der Waals surface area contributed by atoms with Crippen molar-refractivity contribution in [3.63, 3.8) is 0 Å². The van der Waals surface area contributed by atoms with E-state index in [1.807, 2.05) is 11.5 Å². The van der Waals surface area contributed by atoms with Crippen LogP contribution >= 0.6 is 11.8 Å². The molecular weight excluding hydrogens is 453 g/mol. The molecule has 1 aromatic heterocycles. The van der Waals surface area contributed by atoms with E-state index in [4.69, 9.17) is 5.14 Å². The van der Waals surface area contributed by atoms with Crippen LogP contribution in [0.2, 0.25) is 0 Å².